The number of carbonyl (C=O) groups excluding carboxylic acids is 1. The molecule has 3 aromatic rings. The molecule has 0 saturated carbocycles. The van der Waals surface area contributed by atoms with E-state index >= 15 is 0 Å². The fourth-order valence-electron chi connectivity index (χ4n) is 4.35. The van der Waals surface area contributed by atoms with Gasteiger partial charge in [-0.2, -0.15) is 0 Å². The standard InChI is InChI=1S/C23H24N4OS/c1-2-19(28)26-12-14-27(15-13-26)22-20-17-10-6-7-11-18(17)29-23(20)25-21(24-22)16-8-4-3-5-9-16/h2-5,8-9H,1,6-7,10-15H2. The van der Waals surface area contributed by atoms with Crippen molar-refractivity contribution in [3.8, 4) is 11.4 Å². The van der Waals surface area contributed by atoms with Crippen LogP contribution in [0.5, 0.6) is 0 Å². The lowest BCUT2D eigenvalue weighted by atomic mass is 9.96. The van der Waals surface area contributed by atoms with Gasteiger partial charge in [-0.05, 0) is 37.3 Å². The number of hydrogen-bond acceptors (Lipinski definition) is 5. The summed E-state index contributed by atoms with van der Waals surface area (Å²) in [4.78, 5) is 28.8. The van der Waals surface area contributed by atoms with E-state index in [2.05, 4.69) is 23.6 Å². The summed E-state index contributed by atoms with van der Waals surface area (Å²) in [6.07, 6.45) is 6.17. The molecule has 0 radical (unpaired) electrons. The number of anilines is 1. The summed E-state index contributed by atoms with van der Waals surface area (Å²) in [5.41, 5.74) is 2.50. The molecule has 5 rings (SSSR count). The molecule has 1 fully saturated rings. The SMILES string of the molecule is C=CC(=O)N1CCN(c2nc(-c3ccccc3)nc3sc4c(c23)CCCC4)CC1. The summed E-state index contributed by atoms with van der Waals surface area (Å²) in [6.45, 7) is 6.58. The highest BCUT2D eigenvalue weighted by atomic mass is 32.1. The molecule has 2 aromatic heterocycles. The van der Waals surface area contributed by atoms with Crippen molar-refractivity contribution in [3.05, 3.63) is 53.4 Å². The van der Waals surface area contributed by atoms with Crippen molar-refractivity contribution in [3.63, 3.8) is 0 Å². The molecule has 1 aliphatic carbocycles. The highest BCUT2D eigenvalue weighted by molar-refractivity contribution is 7.19. The monoisotopic (exact) mass is 404 g/mol. The number of aryl methyl sites for hydroxylation is 2. The van der Waals surface area contributed by atoms with Gasteiger partial charge in [-0.3, -0.25) is 4.79 Å². The largest absolute Gasteiger partial charge is 0.352 e. The predicted octanol–water partition coefficient (Wildman–Crippen LogP) is 4.07. The first-order valence-corrected chi connectivity index (χ1v) is 11.1. The summed E-state index contributed by atoms with van der Waals surface area (Å²) in [7, 11) is 0. The molecule has 29 heavy (non-hydrogen) atoms. The minimum Gasteiger partial charge on any atom is -0.352 e. The summed E-state index contributed by atoms with van der Waals surface area (Å²) in [5, 5.41) is 1.24. The number of carbonyl (C=O) groups is 1. The van der Waals surface area contributed by atoms with Gasteiger partial charge in [0.05, 0.1) is 5.39 Å². The lowest BCUT2D eigenvalue weighted by Gasteiger charge is -2.35. The maximum absolute atomic E-state index is 12.0. The van der Waals surface area contributed by atoms with Gasteiger partial charge < -0.3 is 9.80 Å². The van der Waals surface area contributed by atoms with E-state index in [0.29, 0.717) is 13.1 Å². The highest BCUT2D eigenvalue weighted by Gasteiger charge is 2.27. The van der Waals surface area contributed by atoms with E-state index in [4.69, 9.17) is 9.97 Å². The van der Waals surface area contributed by atoms with E-state index in [-0.39, 0.29) is 5.91 Å². The molecular formula is C23H24N4OS. The fraction of sp³-hybridized carbons (Fsp3) is 0.348. The predicted molar refractivity (Wildman–Crippen MR) is 118 cm³/mol. The zero-order valence-corrected chi connectivity index (χ0v) is 17.2. The maximum Gasteiger partial charge on any atom is 0.246 e. The van der Waals surface area contributed by atoms with Crippen molar-refractivity contribution < 1.29 is 4.79 Å². The molecule has 148 valence electrons. The second kappa shape index (κ2) is 7.59. The first kappa shape index (κ1) is 18.3. The molecule has 3 heterocycles. The van der Waals surface area contributed by atoms with Gasteiger partial charge in [0.2, 0.25) is 5.91 Å². The quantitative estimate of drug-likeness (QED) is 0.618. The Labute approximate surface area is 174 Å². The molecular weight excluding hydrogens is 380 g/mol. The smallest absolute Gasteiger partial charge is 0.246 e. The van der Waals surface area contributed by atoms with Crippen LogP contribution in [0.2, 0.25) is 0 Å². The van der Waals surface area contributed by atoms with Crippen LogP contribution >= 0.6 is 11.3 Å². The van der Waals surface area contributed by atoms with Gasteiger partial charge in [0.25, 0.3) is 0 Å². The number of amides is 1. The number of hydrogen-bond donors (Lipinski definition) is 0. The number of rotatable bonds is 3. The topological polar surface area (TPSA) is 49.3 Å². The third-order valence-corrected chi connectivity index (χ3v) is 7.08. The Morgan fingerprint density at radius 1 is 1.03 bits per heavy atom. The van der Waals surface area contributed by atoms with Gasteiger partial charge >= 0.3 is 0 Å². The van der Waals surface area contributed by atoms with E-state index in [0.717, 1.165) is 48.0 Å². The van der Waals surface area contributed by atoms with Crippen LogP contribution in [0.25, 0.3) is 21.6 Å². The number of thiophene rings is 1. The van der Waals surface area contributed by atoms with Crippen LogP contribution in [-0.4, -0.2) is 47.0 Å². The van der Waals surface area contributed by atoms with E-state index in [9.17, 15) is 4.79 Å². The second-order valence-electron chi connectivity index (χ2n) is 7.64. The van der Waals surface area contributed by atoms with Gasteiger partial charge in [-0.1, -0.05) is 36.9 Å². The summed E-state index contributed by atoms with van der Waals surface area (Å²) in [5.74, 6) is 1.84. The molecule has 1 amide bonds. The number of nitrogens with zero attached hydrogens (tertiary/aromatic N) is 4. The minimum atomic E-state index is 0.00960. The van der Waals surface area contributed by atoms with E-state index < -0.39 is 0 Å². The summed E-state index contributed by atoms with van der Waals surface area (Å²) >= 11 is 1.84. The molecule has 0 unspecified atom stereocenters. The lowest BCUT2D eigenvalue weighted by molar-refractivity contribution is -0.126. The normalized spacial score (nSPS) is 16.7. The van der Waals surface area contributed by atoms with Gasteiger partial charge in [0.15, 0.2) is 5.82 Å². The Kier molecular flexibility index (Phi) is 4.79. The molecule has 1 aromatic carbocycles. The van der Waals surface area contributed by atoms with Gasteiger partial charge in [0, 0.05) is 36.6 Å². The fourth-order valence-corrected chi connectivity index (χ4v) is 5.61. The Morgan fingerprint density at radius 3 is 2.55 bits per heavy atom. The van der Waals surface area contributed by atoms with Crippen LogP contribution in [-0.2, 0) is 17.6 Å². The maximum atomic E-state index is 12.0. The third-order valence-electron chi connectivity index (χ3n) is 5.89. The summed E-state index contributed by atoms with van der Waals surface area (Å²) < 4.78 is 0. The van der Waals surface area contributed by atoms with Crippen LogP contribution in [0.4, 0.5) is 5.82 Å². The van der Waals surface area contributed by atoms with Crippen molar-refractivity contribution in [1.82, 2.24) is 14.9 Å². The Hall–Kier alpha value is -2.73. The molecule has 5 nitrogen and oxygen atoms in total. The minimum absolute atomic E-state index is 0.00960. The molecule has 2 aliphatic rings. The molecule has 1 saturated heterocycles. The van der Waals surface area contributed by atoms with Gasteiger partial charge in [-0.25, -0.2) is 9.97 Å². The Bertz CT molecular complexity index is 1070. The van der Waals surface area contributed by atoms with E-state index in [1.54, 1.807) is 0 Å². The van der Waals surface area contributed by atoms with Crippen molar-refractivity contribution in [2.45, 2.75) is 25.7 Å². The zero-order chi connectivity index (χ0) is 19.8. The molecule has 6 heteroatoms. The van der Waals surface area contributed by atoms with Crippen LogP contribution in [0.3, 0.4) is 0 Å². The second-order valence-corrected chi connectivity index (χ2v) is 8.73. The van der Waals surface area contributed by atoms with E-state index in [1.165, 1.54) is 34.7 Å². The van der Waals surface area contributed by atoms with Crippen LogP contribution in [0.15, 0.2) is 43.0 Å². The number of piperazine rings is 1. The zero-order valence-electron chi connectivity index (χ0n) is 16.4. The molecule has 0 atom stereocenters. The molecule has 0 N–H and O–H groups in total. The van der Waals surface area contributed by atoms with Crippen molar-refractivity contribution in [1.29, 1.82) is 0 Å². The average Bonchev–Trinajstić information content (AvgIpc) is 3.17. The van der Waals surface area contributed by atoms with E-state index in [1.807, 2.05) is 34.4 Å². The first-order valence-electron chi connectivity index (χ1n) is 10.3. The van der Waals surface area contributed by atoms with Crippen LogP contribution in [0, 0.1) is 0 Å². The van der Waals surface area contributed by atoms with Gasteiger partial charge in [0.1, 0.15) is 10.6 Å². The average molecular weight is 405 g/mol. The Balaban J connectivity index is 1.60. The van der Waals surface area contributed by atoms with Crippen LogP contribution < -0.4 is 4.90 Å². The molecule has 0 bridgehead atoms. The highest BCUT2D eigenvalue weighted by Crippen LogP contribution is 2.41. The molecule has 0 spiro atoms. The number of fused-ring (bicyclic) bond motifs is 3. The Morgan fingerprint density at radius 2 is 1.79 bits per heavy atom. The van der Waals surface area contributed by atoms with Gasteiger partial charge in [-0.15, -0.1) is 11.3 Å². The number of benzene rings is 1. The molecule has 1 aliphatic heterocycles. The van der Waals surface area contributed by atoms with Crippen molar-refractivity contribution >= 4 is 33.3 Å². The van der Waals surface area contributed by atoms with Crippen LogP contribution in [0.1, 0.15) is 23.3 Å². The van der Waals surface area contributed by atoms with Crippen molar-refractivity contribution in [2.75, 3.05) is 31.1 Å². The first-order chi connectivity index (χ1) is 14.2. The van der Waals surface area contributed by atoms with Crippen molar-refractivity contribution in [2.24, 2.45) is 0 Å². The lowest BCUT2D eigenvalue weighted by Crippen LogP contribution is -2.48. The third kappa shape index (κ3) is 3.31. The number of aromatic nitrogens is 2. The summed E-state index contributed by atoms with van der Waals surface area (Å²) in [6, 6.07) is 10.2.